The van der Waals surface area contributed by atoms with E-state index in [1.54, 1.807) is 57.0 Å². The highest BCUT2D eigenvalue weighted by molar-refractivity contribution is 7.84. The van der Waals surface area contributed by atoms with Gasteiger partial charge in [-0.3, -0.25) is 14.2 Å². The number of amides is 2. The van der Waals surface area contributed by atoms with E-state index in [-0.39, 0.29) is 28.4 Å². The number of fused-ring (bicyclic) bond motifs is 2. The van der Waals surface area contributed by atoms with Gasteiger partial charge in [-0.15, -0.1) is 0 Å². The van der Waals surface area contributed by atoms with E-state index in [0.29, 0.717) is 47.1 Å². The Hall–Kier alpha value is -6.02. The predicted molar refractivity (Wildman–Crippen MR) is 242 cm³/mol. The molecular formula is C44H59N13O6S. The Morgan fingerprint density at radius 1 is 0.734 bits per heavy atom. The molecule has 64 heavy (non-hydrogen) atoms. The van der Waals surface area contributed by atoms with Crippen LogP contribution in [0.3, 0.4) is 0 Å². The van der Waals surface area contributed by atoms with E-state index in [2.05, 4.69) is 35.1 Å². The summed E-state index contributed by atoms with van der Waals surface area (Å²) >= 11 is 0. The van der Waals surface area contributed by atoms with Crippen LogP contribution in [-0.2, 0) is 39.3 Å². The van der Waals surface area contributed by atoms with E-state index >= 15 is 0 Å². The highest BCUT2D eigenvalue weighted by Gasteiger charge is 2.35. The summed E-state index contributed by atoms with van der Waals surface area (Å²) in [6.45, 7) is 16.8. The van der Waals surface area contributed by atoms with Crippen molar-refractivity contribution < 1.29 is 28.1 Å². The van der Waals surface area contributed by atoms with E-state index < -0.39 is 34.4 Å². The van der Waals surface area contributed by atoms with Crippen molar-refractivity contribution in [2.45, 2.75) is 135 Å². The maximum Gasteiger partial charge on any atom is 0.420 e. The van der Waals surface area contributed by atoms with Gasteiger partial charge in [-0.1, -0.05) is 0 Å². The van der Waals surface area contributed by atoms with Crippen LogP contribution in [0.15, 0.2) is 61.7 Å². The Morgan fingerprint density at radius 2 is 1.22 bits per heavy atom. The van der Waals surface area contributed by atoms with E-state index in [4.69, 9.17) is 9.47 Å². The number of anilines is 4. The summed E-state index contributed by atoms with van der Waals surface area (Å²) in [5.74, 6) is 1.44. The summed E-state index contributed by atoms with van der Waals surface area (Å²) in [5, 5.41) is 17.5. The van der Waals surface area contributed by atoms with Gasteiger partial charge in [-0.05, 0) is 123 Å². The second kappa shape index (κ2) is 17.9. The monoisotopic (exact) mass is 897 g/mol. The second-order valence-corrected chi connectivity index (χ2v) is 21.4. The first-order valence-corrected chi connectivity index (χ1v) is 22.6. The molecule has 0 radical (unpaired) electrons. The van der Waals surface area contributed by atoms with Crippen molar-refractivity contribution >= 4 is 63.3 Å². The quantitative estimate of drug-likeness (QED) is 0.157. The van der Waals surface area contributed by atoms with Crippen LogP contribution in [0.2, 0.25) is 0 Å². The molecule has 0 unspecified atom stereocenters. The SMILES string of the molecule is Cn1ccc(N(C(=O)OC(C)(C)C)c2cc([C@H]3CCC(=O)C3)cn3ncnc23)n1.Cn1ccc(N(C(=O)OC(C)(C)C)c2cc([C@H]3CC[C@@H](N[S@](=O)C(C)(C)C)C3)cn3ncnc23)n1. The molecule has 8 rings (SSSR count). The molecule has 2 aliphatic carbocycles. The van der Waals surface area contributed by atoms with Gasteiger partial charge in [0.2, 0.25) is 0 Å². The van der Waals surface area contributed by atoms with Crippen molar-refractivity contribution in [3.63, 3.8) is 0 Å². The highest BCUT2D eigenvalue weighted by Crippen LogP contribution is 2.40. The molecule has 1 N–H and O–H groups in total. The lowest BCUT2D eigenvalue weighted by molar-refractivity contribution is -0.117. The highest BCUT2D eigenvalue weighted by atomic mass is 32.2. The number of aryl methyl sites for hydroxylation is 2. The van der Waals surface area contributed by atoms with Gasteiger partial charge in [0.05, 0.1) is 27.1 Å². The van der Waals surface area contributed by atoms with Gasteiger partial charge in [0.25, 0.3) is 0 Å². The van der Waals surface area contributed by atoms with Gasteiger partial charge in [0.1, 0.15) is 29.6 Å². The normalized spacial score (nSPS) is 18.5. The first kappa shape index (κ1) is 46.0. The smallest absolute Gasteiger partial charge is 0.420 e. The fourth-order valence-corrected chi connectivity index (χ4v) is 8.61. The summed E-state index contributed by atoms with van der Waals surface area (Å²) in [4.78, 5) is 50.0. The zero-order chi connectivity index (χ0) is 46.3. The number of carbonyl (C=O) groups is 3. The van der Waals surface area contributed by atoms with Crippen LogP contribution < -0.4 is 14.5 Å². The van der Waals surface area contributed by atoms with Crippen LogP contribution in [-0.4, -0.2) is 92.9 Å². The van der Waals surface area contributed by atoms with Crippen molar-refractivity contribution in [1.29, 1.82) is 0 Å². The second-order valence-electron chi connectivity index (χ2n) is 19.4. The van der Waals surface area contributed by atoms with Crippen LogP contribution in [0.4, 0.5) is 32.6 Å². The topological polar surface area (TPSA) is 201 Å². The van der Waals surface area contributed by atoms with E-state index in [9.17, 15) is 18.6 Å². The van der Waals surface area contributed by atoms with Crippen molar-refractivity contribution in [3.05, 3.63) is 72.8 Å². The molecule has 0 bridgehead atoms. The lowest BCUT2D eigenvalue weighted by Crippen LogP contribution is -2.38. The fraction of sp³-hybridized carbons (Fsp3) is 0.523. The zero-order valence-corrected chi connectivity index (χ0v) is 39.3. The number of ether oxygens (including phenoxy) is 2. The Labute approximate surface area is 375 Å². The molecule has 0 aliphatic heterocycles. The molecule has 0 aromatic carbocycles. The molecule has 2 saturated carbocycles. The van der Waals surface area contributed by atoms with Gasteiger partial charge in [-0.2, -0.15) is 20.4 Å². The molecule has 2 amide bonds. The van der Waals surface area contributed by atoms with E-state index in [1.165, 1.54) is 22.5 Å². The lowest BCUT2D eigenvalue weighted by atomic mass is 9.98. The number of nitrogens with zero attached hydrogens (tertiary/aromatic N) is 12. The summed E-state index contributed by atoms with van der Waals surface area (Å²) in [5.41, 5.74) is 2.74. The molecule has 4 atom stereocenters. The molecule has 342 valence electrons. The number of nitrogens with one attached hydrogen (secondary N) is 1. The molecule has 19 nitrogen and oxygen atoms in total. The third kappa shape index (κ3) is 10.7. The number of pyridine rings is 2. The molecule has 20 heteroatoms. The summed E-state index contributed by atoms with van der Waals surface area (Å²) in [7, 11) is 2.46. The summed E-state index contributed by atoms with van der Waals surface area (Å²) in [6.07, 6.45) is 13.8. The van der Waals surface area contributed by atoms with E-state index in [0.717, 1.165) is 36.8 Å². The fourth-order valence-electron chi connectivity index (χ4n) is 7.74. The predicted octanol–water partition coefficient (Wildman–Crippen LogP) is 7.60. The first-order chi connectivity index (χ1) is 30.0. The molecule has 6 aromatic rings. The van der Waals surface area contributed by atoms with Crippen LogP contribution >= 0.6 is 0 Å². The van der Waals surface area contributed by atoms with Gasteiger partial charge in [0.15, 0.2) is 22.9 Å². The zero-order valence-electron chi connectivity index (χ0n) is 38.5. The van der Waals surface area contributed by atoms with Gasteiger partial charge in [-0.25, -0.2) is 47.3 Å². The number of hydrogen-bond donors (Lipinski definition) is 1. The number of aromatic nitrogens is 10. The Balaban J connectivity index is 0.000000195. The minimum absolute atomic E-state index is 0.0964. The molecule has 6 aromatic heterocycles. The maximum atomic E-state index is 13.4. The van der Waals surface area contributed by atoms with Gasteiger partial charge in [0, 0.05) is 69.9 Å². The molecule has 0 saturated heterocycles. The number of ketones is 1. The van der Waals surface area contributed by atoms with Crippen molar-refractivity contribution in [3.8, 4) is 0 Å². The maximum absolute atomic E-state index is 13.4. The average molecular weight is 898 g/mol. The van der Waals surface area contributed by atoms with E-state index in [1.807, 2.05) is 86.8 Å². The minimum atomic E-state index is -1.12. The van der Waals surface area contributed by atoms with Crippen LogP contribution in [0, 0.1) is 0 Å². The standard InChI is InChI=1S/C24H35N7O3S.C20H24N6O3/c1-23(2,3)34-22(32)31(20-10-11-29(7)27-20)19-13-17(14-30-21(19)25-15-26-30)16-8-9-18(12-16)28-35(33)24(4,5)6;1-20(2,3)29-19(28)26(17-7-8-24(4)23-17)16-10-14(13-5-6-15(27)9-13)11-25-18(16)21-12-22-25/h10-11,13-16,18,28H,8-9,12H2,1-7H3;7-8,10-13H,5-6,9H2,1-4H3/t16-,18+,35+;13-/m00/s1. The minimum Gasteiger partial charge on any atom is -0.443 e. The van der Waals surface area contributed by atoms with Crippen molar-refractivity contribution in [1.82, 2.24) is 53.5 Å². The van der Waals surface area contributed by atoms with Gasteiger partial charge < -0.3 is 9.47 Å². The molecule has 6 heterocycles. The molecule has 2 aliphatic rings. The molecular weight excluding hydrogens is 839 g/mol. The third-order valence-corrected chi connectivity index (χ3v) is 12.4. The number of carbonyl (C=O) groups excluding carboxylic acids is 3. The largest absolute Gasteiger partial charge is 0.443 e. The number of hydrogen-bond acceptors (Lipinski definition) is 12. The number of Topliss-reactive ketones (excluding diaryl/α,β-unsaturated/α-hetero) is 1. The van der Waals surface area contributed by atoms with Crippen LogP contribution in [0.1, 0.15) is 124 Å². The van der Waals surface area contributed by atoms with Crippen molar-refractivity contribution in [2.75, 3.05) is 9.80 Å². The Bertz CT molecular complexity index is 2680. The van der Waals surface area contributed by atoms with Crippen LogP contribution in [0.25, 0.3) is 11.3 Å². The third-order valence-electron chi connectivity index (χ3n) is 10.7. The molecule has 2 fully saturated rings. The Morgan fingerprint density at radius 3 is 1.62 bits per heavy atom. The van der Waals surface area contributed by atoms with Gasteiger partial charge >= 0.3 is 12.2 Å². The first-order valence-electron chi connectivity index (χ1n) is 21.4. The average Bonchev–Trinajstić information content (AvgIpc) is 4.04. The molecule has 0 spiro atoms. The summed E-state index contributed by atoms with van der Waals surface area (Å²) < 4.78 is 33.6. The van der Waals surface area contributed by atoms with Crippen LogP contribution in [0.5, 0.6) is 0 Å². The van der Waals surface area contributed by atoms with Crippen molar-refractivity contribution in [2.24, 2.45) is 14.1 Å². The summed E-state index contributed by atoms with van der Waals surface area (Å²) in [6, 6.07) is 7.54. The lowest BCUT2D eigenvalue weighted by Gasteiger charge is -2.27. The number of rotatable bonds is 8. The Kier molecular flexibility index (Phi) is 12.8.